The highest BCUT2D eigenvalue weighted by molar-refractivity contribution is 6.15. The maximum absolute atomic E-state index is 12.8. The lowest BCUT2D eigenvalue weighted by molar-refractivity contribution is 0.999. The van der Waals surface area contributed by atoms with E-state index in [1.807, 2.05) is 104 Å². The molecule has 78 heavy (non-hydrogen) atoms. The summed E-state index contributed by atoms with van der Waals surface area (Å²) in [5.41, 5.74) is 12.7. The van der Waals surface area contributed by atoms with Crippen LogP contribution in [0.2, 0.25) is 0 Å². The summed E-state index contributed by atoms with van der Waals surface area (Å²) in [4.78, 5) is 32.6. The number of hydrogen-bond acceptors (Lipinski definition) is 7. The van der Waals surface area contributed by atoms with Crippen LogP contribution in [-0.2, 0) is 0 Å². The highest BCUT2D eigenvalue weighted by Crippen LogP contribution is 2.51. The molecule has 9 aromatic heterocycles. The molecule has 0 N–H and O–H groups in total. The van der Waals surface area contributed by atoms with Crippen LogP contribution in [0, 0.1) is 11.3 Å². The molecular weight excluding hydrogens is 959 g/mol. The van der Waals surface area contributed by atoms with Crippen molar-refractivity contribution in [2.45, 2.75) is 0 Å². The maximum Gasteiger partial charge on any atom is 0.164 e. The van der Waals surface area contributed by atoms with E-state index in [2.05, 4.69) is 158 Å². The second-order valence-corrected chi connectivity index (χ2v) is 19.4. The summed E-state index contributed by atoms with van der Waals surface area (Å²) in [6.45, 7) is 0. The van der Waals surface area contributed by atoms with E-state index in [1.54, 1.807) is 0 Å². The largest absolute Gasteiger partial charge is 0.292 e. The molecule has 11 nitrogen and oxygen atoms in total. The summed E-state index contributed by atoms with van der Waals surface area (Å²) in [5.74, 6) is 0.377. The van der Waals surface area contributed by atoms with Gasteiger partial charge in [0.2, 0.25) is 0 Å². The van der Waals surface area contributed by atoms with Crippen LogP contribution in [0.3, 0.4) is 0 Å². The van der Waals surface area contributed by atoms with Gasteiger partial charge >= 0.3 is 0 Å². The molecule has 9 heterocycles. The van der Waals surface area contributed by atoms with Gasteiger partial charge in [-0.2, -0.15) is 5.26 Å². The second-order valence-electron chi connectivity index (χ2n) is 19.4. The molecule has 0 bridgehead atoms. The molecule has 0 saturated heterocycles. The second kappa shape index (κ2) is 17.0. The molecular formula is C67H39N11. The Balaban J connectivity index is 1.27. The van der Waals surface area contributed by atoms with E-state index in [1.165, 1.54) is 0 Å². The van der Waals surface area contributed by atoms with Crippen LogP contribution in [0.4, 0.5) is 0 Å². The third-order valence-electron chi connectivity index (χ3n) is 15.2. The van der Waals surface area contributed by atoms with Crippen LogP contribution in [0.5, 0.6) is 0 Å². The molecule has 0 aliphatic carbocycles. The Morgan fingerprint density at radius 2 is 0.628 bits per heavy atom. The van der Waals surface area contributed by atoms with Gasteiger partial charge in [-0.05, 0) is 78.9 Å². The molecule has 0 aliphatic heterocycles. The summed E-state index contributed by atoms with van der Waals surface area (Å²) in [6.07, 6.45) is 7.32. The average molecular weight is 998 g/mol. The van der Waals surface area contributed by atoms with Crippen molar-refractivity contribution in [2.24, 2.45) is 0 Å². The molecule has 362 valence electrons. The minimum absolute atomic E-state index is 0.330. The third kappa shape index (κ3) is 6.19. The fraction of sp³-hybridized carbons (Fsp3) is 0. The van der Waals surface area contributed by atoms with Gasteiger partial charge in [-0.1, -0.05) is 133 Å². The van der Waals surface area contributed by atoms with E-state index < -0.39 is 0 Å². The molecule has 0 fully saturated rings. The molecule has 0 spiro atoms. The Bertz CT molecular complexity index is 4900. The summed E-state index contributed by atoms with van der Waals surface area (Å²) in [7, 11) is 0. The van der Waals surface area contributed by atoms with Crippen molar-refractivity contribution in [3.63, 3.8) is 0 Å². The molecule has 16 rings (SSSR count). The summed E-state index contributed by atoms with van der Waals surface area (Å²) >= 11 is 0. The van der Waals surface area contributed by atoms with Gasteiger partial charge in [0.05, 0.1) is 61.8 Å². The zero-order valence-electron chi connectivity index (χ0n) is 41.4. The summed E-state index contributed by atoms with van der Waals surface area (Å²) in [6, 6.07) is 75.2. The highest BCUT2D eigenvalue weighted by Gasteiger charge is 2.37. The van der Waals surface area contributed by atoms with Gasteiger partial charge in [-0.15, -0.1) is 0 Å². The Morgan fingerprint density at radius 1 is 0.308 bits per heavy atom. The zero-order valence-corrected chi connectivity index (χ0v) is 41.4. The van der Waals surface area contributed by atoms with E-state index >= 15 is 0 Å². The van der Waals surface area contributed by atoms with Crippen molar-refractivity contribution in [2.75, 3.05) is 0 Å². The minimum atomic E-state index is 0.330. The number of para-hydroxylation sites is 4. The molecule has 0 unspecified atom stereocenters. The first-order chi connectivity index (χ1) is 38.7. The Hall–Kier alpha value is -11.1. The van der Waals surface area contributed by atoms with Gasteiger partial charge in [0, 0.05) is 79.0 Å². The van der Waals surface area contributed by atoms with E-state index in [0.29, 0.717) is 73.7 Å². The van der Waals surface area contributed by atoms with E-state index in [-0.39, 0.29) is 0 Å². The van der Waals surface area contributed by atoms with Crippen molar-refractivity contribution >= 4 is 87.7 Å². The standard InChI is InChI=1S/C67H39N11/c68-40-51-59(75-54-31-11-7-23-43(54)47-27-15-35-69-64(47)75)58(63-73-52(41-19-3-1-4-20-41)39-53(74-63)42-21-5-2-6-22-42)61(77-56-33-13-9-25-45(56)49-29-17-37-71-66(49)77)62(78-57-34-14-10-26-46(57)50-30-18-38-72-67(50)78)60(51)76-55-32-12-8-24-44(55)48-28-16-36-70-65(48)76/h1-39H. The number of benzene rings is 7. The monoisotopic (exact) mass is 997 g/mol. The van der Waals surface area contributed by atoms with E-state index in [9.17, 15) is 5.26 Å². The number of hydrogen-bond donors (Lipinski definition) is 0. The van der Waals surface area contributed by atoms with Crippen LogP contribution in [-0.4, -0.2) is 48.2 Å². The molecule has 11 heteroatoms. The van der Waals surface area contributed by atoms with Gasteiger partial charge in [-0.25, -0.2) is 29.9 Å². The third-order valence-corrected chi connectivity index (χ3v) is 15.2. The maximum atomic E-state index is 12.8. The Labute approximate surface area is 444 Å². The van der Waals surface area contributed by atoms with Crippen molar-refractivity contribution in [1.29, 1.82) is 5.26 Å². The topological polar surface area (TPSA) is 121 Å². The zero-order chi connectivity index (χ0) is 51.4. The fourth-order valence-electron chi connectivity index (χ4n) is 12.0. The summed E-state index contributed by atoms with van der Waals surface area (Å²) < 4.78 is 8.83. The van der Waals surface area contributed by atoms with Gasteiger partial charge in [0.1, 0.15) is 34.2 Å². The lowest BCUT2D eigenvalue weighted by atomic mass is 9.97. The van der Waals surface area contributed by atoms with Crippen LogP contribution in [0.15, 0.2) is 237 Å². The lowest BCUT2D eigenvalue weighted by Crippen LogP contribution is -2.18. The SMILES string of the molecule is N#Cc1c(-n2c3ccccc3c3cccnc32)c(-c2nc(-c3ccccc3)cc(-c3ccccc3)n2)c(-n2c3ccccc3c3cccnc32)c(-n2c3ccccc3c3cccnc32)c1-n1c2ccccc2c2cccnc21. The van der Waals surface area contributed by atoms with Gasteiger partial charge < -0.3 is 0 Å². The first-order valence-corrected chi connectivity index (χ1v) is 25.8. The van der Waals surface area contributed by atoms with Crippen LogP contribution < -0.4 is 0 Å². The number of nitrogens with zero attached hydrogens (tertiary/aromatic N) is 11. The van der Waals surface area contributed by atoms with Crippen molar-refractivity contribution in [1.82, 2.24) is 48.2 Å². The molecule has 7 aromatic carbocycles. The average Bonchev–Trinajstić information content (AvgIpc) is 4.34. The number of aromatic nitrogens is 10. The first kappa shape index (κ1) is 43.3. The predicted octanol–water partition coefficient (Wildman–Crippen LogP) is 15.3. The van der Waals surface area contributed by atoms with Crippen molar-refractivity contribution in [3.05, 3.63) is 243 Å². The van der Waals surface area contributed by atoms with Gasteiger partial charge in [-0.3, -0.25) is 18.3 Å². The highest BCUT2D eigenvalue weighted by atomic mass is 15.2. The molecule has 0 atom stereocenters. The Kier molecular flexibility index (Phi) is 9.43. The van der Waals surface area contributed by atoms with Crippen LogP contribution >= 0.6 is 0 Å². The summed E-state index contributed by atoms with van der Waals surface area (Å²) in [5, 5.41) is 20.5. The number of rotatable bonds is 7. The number of pyridine rings is 4. The van der Waals surface area contributed by atoms with E-state index in [4.69, 9.17) is 29.9 Å². The number of fused-ring (bicyclic) bond motifs is 12. The fourth-order valence-corrected chi connectivity index (χ4v) is 12.0. The van der Waals surface area contributed by atoms with Gasteiger partial charge in [0.25, 0.3) is 0 Å². The Morgan fingerprint density at radius 3 is 1.01 bits per heavy atom. The first-order valence-electron chi connectivity index (χ1n) is 25.8. The smallest absolute Gasteiger partial charge is 0.164 e. The van der Waals surface area contributed by atoms with Crippen LogP contribution in [0.1, 0.15) is 5.56 Å². The normalized spacial score (nSPS) is 11.8. The molecule has 16 aromatic rings. The lowest BCUT2D eigenvalue weighted by Gasteiger charge is -2.28. The minimum Gasteiger partial charge on any atom is -0.292 e. The van der Waals surface area contributed by atoms with Crippen molar-refractivity contribution < 1.29 is 0 Å². The molecule has 0 radical (unpaired) electrons. The molecule has 0 aliphatic rings. The van der Waals surface area contributed by atoms with Crippen LogP contribution in [0.25, 0.3) is 144 Å². The molecule has 0 saturated carbocycles. The number of nitriles is 1. The quantitative estimate of drug-likeness (QED) is 0.156. The molecule has 0 amide bonds. The van der Waals surface area contributed by atoms with E-state index in [0.717, 1.165) is 76.3 Å². The van der Waals surface area contributed by atoms with Gasteiger partial charge in [0.15, 0.2) is 5.82 Å². The predicted molar refractivity (Wildman–Crippen MR) is 312 cm³/mol. The van der Waals surface area contributed by atoms with Crippen molar-refractivity contribution in [3.8, 4) is 62.7 Å².